The third kappa shape index (κ3) is 2.80. The van der Waals surface area contributed by atoms with Gasteiger partial charge >= 0.3 is 0 Å². The van der Waals surface area contributed by atoms with E-state index in [2.05, 4.69) is 20.6 Å². The topological polar surface area (TPSA) is 101 Å². The molecule has 2 aromatic rings. The highest BCUT2D eigenvalue weighted by Gasteiger charge is 2.53. The van der Waals surface area contributed by atoms with E-state index in [-0.39, 0.29) is 11.6 Å². The van der Waals surface area contributed by atoms with E-state index in [1.54, 1.807) is 29.1 Å². The van der Waals surface area contributed by atoms with Gasteiger partial charge in [-0.2, -0.15) is 0 Å². The molecule has 3 N–H and O–H groups in total. The van der Waals surface area contributed by atoms with Crippen molar-refractivity contribution in [3.63, 3.8) is 0 Å². The zero-order valence-corrected chi connectivity index (χ0v) is 14.2. The second-order valence-corrected chi connectivity index (χ2v) is 7.14. The van der Waals surface area contributed by atoms with Crippen LogP contribution in [0.25, 0.3) is 5.78 Å². The molecule has 0 aromatic carbocycles. The third-order valence-electron chi connectivity index (χ3n) is 5.43. The molecular weight excluding hydrogens is 322 g/mol. The molecule has 0 saturated carbocycles. The third-order valence-corrected chi connectivity index (χ3v) is 5.43. The number of nitrogens with one attached hydrogen (secondary N) is 2. The van der Waals surface area contributed by atoms with Gasteiger partial charge in [0.15, 0.2) is 0 Å². The summed E-state index contributed by atoms with van der Waals surface area (Å²) in [5.41, 5.74) is -1.06. The molecule has 1 amide bonds. The average molecular weight is 345 g/mol. The van der Waals surface area contributed by atoms with Gasteiger partial charge in [-0.05, 0) is 45.3 Å². The Hall–Kier alpha value is -2.03. The van der Waals surface area contributed by atoms with Crippen LogP contribution in [-0.2, 0) is 4.74 Å². The Morgan fingerprint density at radius 2 is 2.24 bits per heavy atom. The van der Waals surface area contributed by atoms with E-state index >= 15 is 0 Å². The number of piperidine rings is 1. The van der Waals surface area contributed by atoms with Gasteiger partial charge in [0, 0.05) is 25.2 Å². The summed E-state index contributed by atoms with van der Waals surface area (Å²) in [6, 6.07) is 1.78. The standard InChI is InChI=1S/C17H23N5O3/c1-16(5-10-25-17(14(16)24)3-7-18-8-4-17)21-13(23)12-11-22-9-2-6-19-15(22)20-12/h2,6,9,11,14,18,24H,3-5,7-8,10H2,1H3,(H,21,23)/t14-,16+/m0/s1. The van der Waals surface area contributed by atoms with Gasteiger partial charge in [0.2, 0.25) is 5.78 Å². The number of aliphatic hydroxyl groups excluding tert-OH is 1. The Morgan fingerprint density at radius 3 is 3.00 bits per heavy atom. The normalized spacial score (nSPS) is 29.0. The number of nitrogens with zero attached hydrogens (tertiary/aromatic N) is 3. The molecule has 4 heterocycles. The molecule has 1 spiro atoms. The first-order valence-electron chi connectivity index (χ1n) is 8.67. The molecule has 4 rings (SSSR count). The van der Waals surface area contributed by atoms with Crippen LogP contribution in [0.1, 0.15) is 36.7 Å². The Bertz CT molecular complexity index is 747. The first-order chi connectivity index (χ1) is 12.0. The summed E-state index contributed by atoms with van der Waals surface area (Å²) in [5.74, 6) is 0.165. The number of aromatic nitrogens is 3. The van der Waals surface area contributed by atoms with Crippen molar-refractivity contribution in [1.82, 2.24) is 25.0 Å². The van der Waals surface area contributed by atoms with Crippen LogP contribution < -0.4 is 10.6 Å². The highest BCUT2D eigenvalue weighted by atomic mass is 16.5. The zero-order chi connectivity index (χ0) is 17.5. The van der Waals surface area contributed by atoms with Crippen molar-refractivity contribution in [2.24, 2.45) is 0 Å². The number of fused-ring (bicyclic) bond motifs is 1. The quantitative estimate of drug-likeness (QED) is 0.715. The first kappa shape index (κ1) is 16.4. The number of hydrogen-bond donors (Lipinski definition) is 3. The maximum Gasteiger partial charge on any atom is 0.272 e. The summed E-state index contributed by atoms with van der Waals surface area (Å²) in [4.78, 5) is 21.1. The summed E-state index contributed by atoms with van der Waals surface area (Å²) in [5, 5.41) is 17.3. The van der Waals surface area contributed by atoms with Crippen molar-refractivity contribution in [2.75, 3.05) is 19.7 Å². The van der Waals surface area contributed by atoms with Crippen molar-refractivity contribution in [1.29, 1.82) is 0 Å². The molecule has 0 bridgehead atoms. The lowest BCUT2D eigenvalue weighted by molar-refractivity contribution is -0.197. The Morgan fingerprint density at radius 1 is 1.44 bits per heavy atom. The van der Waals surface area contributed by atoms with Crippen LogP contribution in [0.3, 0.4) is 0 Å². The molecule has 134 valence electrons. The minimum Gasteiger partial charge on any atom is -0.388 e. The van der Waals surface area contributed by atoms with E-state index in [1.807, 2.05) is 6.92 Å². The number of hydrogen-bond acceptors (Lipinski definition) is 6. The van der Waals surface area contributed by atoms with Gasteiger partial charge in [-0.3, -0.25) is 9.20 Å². The van der Waals surface area contributed by atoms with E-state index in [4.69, 9.17) is 4.74 Å². The number of carbonyl (C=O) groups excluding carboxylic acids is 1. The molecule has 2 atom stereocenters. The van der Waals surface area contributed by atoms with Crippen molar-refractivity contribution in [3.05, 3.63) is 30.4 Å². The van der Waals surface area contributed by atoms with E-state index in [0.717, 1.165) is 25.9 Å². The first-order valence-corrected chi connectivity index (χ1v) is 8.67. The molecule has 2 aromatic heterocycles. The van der Waals surface area contributed by atoms with Crippen molar-refractivity contribution >= 4 is 11.7 Å². The van der Waals surface area contributed by atoms with Gasteiger partial charge in [-0.15, -0.1) is 0 Å². The maximum atomic E-state index is 12.7. The van der Waals surface area contributed by atoms with E-state index in [0.29, 0.717) is 18.8 Å². The number of ether oxygens (including phenoxy) is 1. The van der Waals surface area contributed by atoms with Crippen molar-refractivity contribution < 1.29 is 14.6 Å². The number of amides is 1. The van der Waals surface area contributed by atoms with E-state index < -0.39 is 17.2 Å². The predicted octanol–water partition coefficient (Wildman–Crippen LogP) is 0.121. The molecule has 0 unspecified atom stereocenters. The second kappa shape index (κ2) is 6.05. The summed E-state index contributed by atoms with van der Waals surface area (Å²) < 4.78 is 7.68. The van der Waals surface area contributed by atoms with Gasteiger partial charge in [-0.1, -0.05) is 0 Å². The van der Waals surface area contributed by atoms with Crippen LogP contribution in [0.15, 0.2) is 24.7 Å². The Labute approximate surface area is 145 Å². The van der Waals surface area contributed by atoms with Gasteiger partial charge < -0.3 is 20.5 Å². The van der Waals surface area contributed by atoms with Gasteiger partial charge in [-0.25, -0.2) is 9.97 Å². The summed E-state index contributed by atoms with van der Waals surface area (Å²) in [6.45, 7) is 4.01. The maximum absolute atomic E-state index is 12.7. The van der Waals surface area contributed by atoms with Gasteiger partial charge in [0.05, 0.1) is 11.1 Å². The number of carbonyl (C=O) groups is 1. The van der Waals surface area contributed by atoms with Crippen molar-refractivity contribution in [3.8, 4) is 0 Å². The van der Waals surface area contributed by atoms with Crippen LogP contribution in [0.2, 0.25) is 0 Å². The highest BCUT2D eigenvalue weighted by molar-refractivity contribution is 5.93. The SMILES string of the molecule is C[C@@]1(NC(=O)c2cn3cccnc3n2)CCOC2(CCNCC2)[C@H]1O. The molecule has 2 aliphatic rings. The minimum atomic E-state index is -0.769. The number of aliphatic hydroxyl groups is 1. The summed E-state index contributed by atoms with van der Waals surface area (Å²) >= 11 is 0. The van der Waals surface area contributed by atoms with Crippen LogP contribution in [0.5, 0.6) is 0 Å². The van der Waals surface area contributed by atoms with Crippen LogP contribution in [0.4, 0.5) is 0 Å². The average Bonchev–Trinajstić information content (AvgIpc) is 3.05. The molecular formula is C17H23N5O3. The molecule has 2 aliphatic heterocycles. The molecule has 2 fully saturated rings. The minimum absolute atomic E-state index is 0.290. The fourth-order valence-corrected chi connectivity index (χ4v) is 3.92. The fourth-order valence-electron chi connectivity index (χ4n) is 3.92. The Balaban J connectivity index is 1.56. The van der Waals surface area contributed by atoms with Gasteiger partial charge in [0.1, 0.15) is 11.8 Å². The van der Waals surface area contributed by atoms with E-state index in [9.17, 15) is 9.90 Å². The largest absolute Gasteiger partial charge is 0.388 e. The predicted molar refractivity (Wildman–Crippen MR) is 90.3 cm³/mol. The lowest BCUT2D eigenvalue weighted by Crippen LogP contribution is -2.69. The fraction of sp³-hybridized carbons (Fsp3) is 0.588. The molecule has 0 aliphatic carbocycles. The van der Waals surface area contributed by atoms with Crippen LogP contribution in [0, 0.1) is 0 Å². The highest BCUT2D eigenvalue weighted by Crippen LogP contribution is 2.38. The lowest BCUT2D eigenvalue weighted by atomic mass is 9.73. The molecule has 0 radical (unpaired) electrons. The summed E-state index contributed by atoms with van der Waals surface area (Å²) in [7, 11) is 0. The Kier molecular flexibility index (Phi) is 3.98. The van der Waals surface area contributed by atoms with E-state index in [1.165, 1.54) is 0 Å². The number of rotatable bonds is 2. The lowest BCUT2D eigenvalue weighted by Gasteiger charge is -2.52. The smallest absolute Gasteiger partial charge is 0.272 e. The van der Waals surface area contributed by atoms with Crippen LogP contribution >= 0.6 is 0 Å². The molecule has 8 nitrogen and oxygen atoms in total. The number of imidazole rings is 1. The second-order valence-electron chi connectivity index (χ2n) is 7.14. The van der Waals surface area contributed by atoms with Crippen molar-refractivity contribution in [2.45, 2.75) is 43.4 Å². The summed E-state index contributed by atoms with van der Waals surface area (Å²) in [6.07, 6.45) is 6.33. The molecule has 2 saturated heterocycles. The van der Waals surface area contributed by atoms with Crippen LogP contribution in [-0.4, -0.2) is 62.3 Å². The molecule has 8 heteroatoms. The monoisotopic (exact) mass is 345 g/mol. The molecule has 25 heavy (non-hydrogen) atoms. The van der Waals surface area contributed by atoms with Gasteiger partial charge in [0.25, 0.3) is 5.91 Å². The zero-order valence-electron chi connectivity index (χ0n) is 14.2.